The zero-order valence-corrected chi connectivity index (χ0v) is 71.3. The first-order valence-corrected chi connectivity index (χ1v) is 39.6. The van der Waals surface area contributed by atoms with E-state index in [2.05, 4.69) is 124 Å². The van der Waals surface area contributed by atoms with Crippen LogP contribution in [-0.2, 0) is 77.2 Å². The molecule has 6 atom stereocenters. The molecule has 636 valence electrons. The third kappa shape index (κ3) is 23.0. The number of aryl methyl sites for hydroxylation is 4. The normalized spacial score (nSPS) is 16.0. The Bertz CT molecular complexity index is 5920. The van der Waals surface area contributed by atoms with E-state index in [1.165, 1.54) is 49.5 Å². The number of carbonyl (C=O) groups excluding carboxylic acids is 15. The van der Waals surface area contributed by atoms with Gasteiger partial charge >= 0.3 is 18.5 Å². The van der Waals surface area contributed by atoms with Crippen molar-refractivity contribution in [3.8, 4) is 33.4 Å². The SMILES string of the molecule is CC(=O)c1nn(CC(=O)N2C[C@H](F)C[C@@H]2C(=O)Nc2cccc(Br)n2)c2ccc(-c3cnc(C)nc3)cc12.CC(=O)c1nn(CC(=O)N2C[C@H](F)C[C@H]2C(=O)Nc2cccc(Br)n2)c2ccc(-c3cnc(C)nc3)cc12.CC(=O)c1nn(CC(=O)N2C[C@H](F)C[C@H]2C(=O)Nc2nc(Br)ccc2C)c2ccc(-c3cnc(C)nc3)cc12.O=C=O.O=C=O.O=C=O. The van der Waals surface area contributed by atoms with Crippen molar-refractivity contribution in [1.82, 2.24) is 88.9 Å². The van der Waals surface area contributed by atoms with Gasteiger partial charge < -0.3 is 30.7 Å². The van der Waals surface area contributed by atoms with Gasteiger partial charge in [0.15, 0.2) is 17.3 Å². The fourth-order valence-electron chi connectivity index (χ4n) is 13.6. The van der Waals surface area contributed by atoms with Crippen molar-refractivity contribution in [2.45, 2.75) is 124 Å². The van der Waals surface area contributed by atoms with Crippen molar-refractivity contribution in [1.29, 1.82) is 0 Å². The highest BCUT2D eigenvalue weighted by atomic mass is 79.9. The molecule has 0 spiro atoms. The zero-order valence-electron chi connectivity index (χ0n) is 66.5. The second-order valence-corrected chi connectivity index (χ2v) is 30.3. The van der Waals surface area contributed by atoms with Crippen molar-refractivity contribution in [2.75, 3.05) is 35.6 Å². The van der Waals surface area contributed by atoms with E-state index in [1.54, 1.807) is 132 Å². The number of hydrogen-bond acceptors (Lipinski definition) is 27. The second-order valence-electron chi connectivity index (χ2n) is 27.8. The smallest absolute Gasteiger partial charge is 0.326 e. The number of ketones is 3. The molecule has 3 N–H and O–H groups in total. The molecule has 124 heavy (non-hydrogen) atoms. The molecule has 12 heterocycles. The second kappa shape index (κ2) is 42.0. The fraction of sp³-hybridized carbons (Fsp3) is 0.268. The van der Waals surface area contributed by atoms with Crippen LogP contribution in [0.1, 0.15) is 94.5 Å². The topological polar surface area (TPSA) is 471 Å². The number of aromatic nitrogens is 15. The summed E-state index contributed by atoms with van der Waals surface area (Å²) in [4.78, 5) is 206. The summed E-state index contributed by atoms with van der Waals surface area (Å²) in [5.74, 6) is -0.958. The van der Waals surface area contributed by atoms with E-state index >= 15 is 0 Å². The number of amides is 6. The molecule has 0 unspecified atom stereocenters. The van der Waals surface area contributed by atoms with E-state index in [0.29, 0.717) is 69.8 Å². The Labute approximate surface area is 726 Å². The molecule has 9 aromatic heterocycles. The summed E-state index contributed by atoms with van der Waals surface area (Å²) in [5, 5.41) is 22.9. The maximum absolute atomic E-state index is 14.5. The van der Waals surface area contributed by atoms with E-state index in [1.807, 2.05) is 36.4 Å². The molecule has 0 saturated carbocycles. The lowest BCUT2D eigenvalue weighted by atomic mass is 10.0. The van der Waals surface area contributed by atoms with Crippen molar-refractivity contribution < 1.29 is 85.1 Å². The summed E-state index contributed by atoms with van der Waals surface area (Å²) in [6.45, 7) is 9.96. The Morgan fingerprint density at radius 1 is 0.387 bits per heavy atom. The minimum Gasteiger partial charge on any atom is -0.326 e. The third-order valence-electron chi connectivity index (χ3n) is 19.3. The number of nitrogens with one attached hydrogen (secondary N) is 3. The van der Waals surface area contributed by atoms with Crippen LogP contribution in [0.5, 0.6) is 0 Å². The van der Waals surface area contributed by atoms with Gasteiger partial charge in [0.1, 0.15) is 122 Å². The lowest BCUT2D eigenvalue weighted by Gasteiger charge is -2.24. The van der Waals surface area contributed by atoms with E-state index in [4.69, 9.17) is 28.8 Å². The van der Waals surface area contributed by atoms with Crippen LogP contribution < -0.4 is 16.0 Å². The number of halogens is 6. The Hall–Kier alpha value is -14.0. The molecule has 0 aliphatic carbocycles. The number of fused-ring (bicyclic) bond motifs is 3. The summed E-state index contributed by atoms with van der Waals surface area (Å²) < 4.78 is 49.1. The first-order chi connectivity index (χ1) is 59.2. The van der Waals surface area contributed by atoms with E-state index < -0.39 is 72.1 Å². The highest BCUT2D eigenvalue weighted by molar-refractivity contribution is 9.11. The minimum absolute atomic E-state index is 0.119. The van der Waals surface area contributed by atoms with Crippen molar-refractivity contribution in [3.63, 3.8) is 0 Å². The van der Waals surface area contributed by atoms with Crippen molar-refractivity contribution in [3.05, 3.63) is 194 Å². The van der Waals surface area contributed by atoms with Crippen LogP contribution in [-0.4, -0.2) is 216 Å². The van der Waals surface area contributed by atoms with Gasteiger partial charge in [0, 0.05) is 110 Å². The largest absolute Gasteiger partial charge is 0.373 e. The van der Waals surface area contributed by atoms with Gasteiger partial charge in [0.05, 0.1) is 36.2 Å². The van der Waals surface area contributed by atoms with Crippen LogP contribution in [0.25, 0.3) is 66.1 Å². The first kappa shape index (κ1) is 92.3. The molecule has 3 aromatic carbocycles. The monoisotopic (exact) mass is 1880 g/mol. The molecule has 0 bridgehead atoms. The standard InChI is InChI=1S/C27H25BrFN7O3.2C26H23BrFN7O3.3CO2/c1-14-4-7-23(28)32-26(14)33-27(39)22-9-19(29)12-35(22)24(38)13-36-21-6-5-17(18-10-30-16(3)31-11-18)8-20(21)25(34-36)15(2)37;2*1-14(36)25-19-8-16(17-10-29-15(2)30-11-17)6-7-20(19)35(33-25)13-24(37)34-12-18(28)9-21(34)26(38)32-23-5-3-4-22(27)31-23;3*2-1-3/h4-8,10-11,19,22H,9,12-13H2,1-3H3,(H,32,33,39);2*3-8,10-11,18,21H,9,12-13H2,1-2H3,(H,31,32,38);;;/t19-,22+;18-,21+;18-,21-;;;/m111.../s1. The fourth-order valence-corrected chi connectivity index (χ4v) is 14.6. The maximum atomic E-state index is 14.5. The predicted octanol–water partition coefficient (Wildman–Crippen LogP) is 9.78. The summed E-state index contributed by atoms with van der Waals surface area (Å²) >= 11 is 9.76. The molecule has 15 rings (SSSR count). The average molecular weight is 1890 g/mol. The van der Waals surface area contributed by atoms with Crippen LogP contribution in [0.15, 0.2) is 154 Å². The minimum atomic E-state index is -1.34. The molecule has 3 aliphatic rings. The van der Waals surface area contributed by atoms with Gasteiger partial charge in [-0.25, -0.2) is 58.0 Å². The molecule has 3 aliphatic heterocycles. The molecule has 12 aromatic rings. The van der Waals surface area contributed by atoms with Gasteiger partial charge in [0.2, 0.25) is 35.4 Å². The number of pyridine rings is 3. The Kier molecular flexibility index (Phi) is 31.2. The van der Waals surface area contributed by atoms with Crippen molar-refractivity contribution in [2.24, 2.45) is 0 Å². The Balaban J connectivity index is 0.000000185. The number of nitrogens with zero attached hydrogens (tertiary/aromatic N) is 18. The number of alkyl halides is 3. The Morgan fingerprint density at radius 2 is 0.669 bits per heavy atom. The van der Waals surface area contributed by atoms with Gasteiger partial charge in [-0.2, -0.15) is 44.1 Å². The van der Waals surface area contributed by atoms with Crippen LogP contribution in [0, 0.1) is 27.7 Å². The number of anilines is 3. The van der Waals surface area contributed by atoms with Crippen molar-refractivity contribution >= 4 is 169 Å². The van der Waals surface area contributed by atoms with Crippen LogP contribution in [0.2, 0.25) is 0 Å². The van der Waals surface area contributed by atoms with Gasteiger partial charge in [-0.3, -0.25) is 57.2 Å². The molecule has 0 radical (unpaired) electrons. The van der Waals surface area contributed by atoms with Crippen LogP contribution >= 0.6 is 47.8 Å². The van der Waals surface area contributed by atoms with Gasteiger partial charge in [-0.15, -0.1) is 0 Å². The van der Waals surface area contributed by atoms with Gasteiger partial charge in [-0.05, 0) is 164 Å². The lowest BCUT2D eigenvalue weighted by Crippen LogP contribution is -2.44. The highest BCUT2D eigenvalue weighted by Gasteiger charge is 2.43. The van der Waals surface area contributed by atoms with E-state index in [0.717, 1.165) is 38.9 Å². The van der Waals surface area contributed by atoms with Crippen LogP contribution in [0.3, 0.4) is 0 Å². The number of hydrogen-bond donors (Lipinski definition) is 3. The first-order valence-electron chi connectivity index (χ1n) is 37.2. The van der Waals surface area contributed by atoms with Gasteiger partial charge in [-0.1, -0.05) is 36.4 Å². The van der Waals surface area contributed by atoms with E-state index in [-0.39, 0.29) is 123 Å². The van der Waals surface area contributed by atoms with E-state index in [9.17, 15) is 56.3 Å². The molecule has 36 nitrogen and oxygen atoms in total. The summed E-state index contributed by atoms with van der Waals surface area (Å²) in [6.07, 6.45) is 6.54. The average Bonchev–Trinajstić information content (AvgIpc) is 1.63. The lowest BCUT2D eigenvalue weighted by molar-refractivity contribution is -0.193. The zero-order chi connectivity index (χ0) is 89.9. The highest BCUT2D eigenvalue weighted by Crippen LogP contribution is 2.34. The molecule has 3 fully saturated rings. The maximum Gasteiger partial charge on any atom is 0.373 e. The number of likely N-dealkylation sites (tertiary alicyclic amines) is 3. The summed E-state index contributed by atoms with van der Waals surface area (Å²) in [7, 11) is 0. The Morgan fingerprint density at radius 3 is 0.952 bits per heavy atom. The molecule has 6 amide bonds. The van der Waals surface area contributed by atoms with Gasteiger partial charge in [0.25, 0.3) is 0 Å². The number of rotatable bonds is 18. The van der Waals surface area contributed by atoms with Crippen LogP contribution in [0.4, 0.5) is 30.6 Å². The third-order valence-corrected chi connectivity index (χ3v) is 20.6. The number of carbonyl (C=O) groups is 9. The molecular formula is C82H71Br3F3N21O15. The molecule has 3 saturated heterocycles. The number of benzene rings is 3. The summed E-state index contributed by atoms with van der Waals surface area (Å²) in [5.41, 5.74) is 7.77. The molecule has 42 heteroatoms. The molecular weight excluding hydrogens is 1820 g/mol. The summed E-state index contributed by atoms with van der Waals surface area (Å²) in [6, 6.07) is 26.8. The number of Topliss-reactive ketones (excluding diaryl/α,β-unsaturated/α-hetero) is 3. The quantitative estimate of drug-likeness (QED) is 0.0531. The predicted molar refractivity (Wildman–Crippen MR) is 443 cm³/mol.